The maximum atomic E-state index is 11.4. The van der Waals surface area contributed by atoms with Gasteiger partial charge in [0.05, 0.1) is 12.5 Å². The van der Waals surface area contributed by atoms with E-state index >= 15 is 0 Å². The highest BCUT2D eigenvalue weighted by molar-refractivity contribution is 5.70. The molecule has 0 heterocycles. The molecule has 0 aliphatic rings. The number of aliphatic hydroxyl groups is 1. The first-order valence-electron chi connectivity index (χ1n) is 9.66. The molecule has 0 spiro atoms. The Kier molecular flexibility index (Phi) is 17.5. The number of esters is 1. The molecular weight excluding hydrogens is 288 g/mol. The van der Waals surface area contributed by atoms with E-state index in [1.54, 1.807) is 0 Å². The Bertz CT molecular complexity index is 252. The molecule has 1 N–H and O–H groups in total. The summed E-state index contributed by atoms with van der Waals surface area (Å²) in [6.45, 7) is 12.1. The largest absolute Gasteiger partial charge is 0.460 e. The Morgan fingerprint density at radius 1 is 0.870 bits per heavy atom. The van der Waals surface area contributed by atoms with Crippen molar-refractivity contribution in [2.75, 3.05) is 0 Å². The van der Waals surface area contributed by atoms with Crippen molar-refractivity contribution in [3.63, 3.8) is 0 Å². The van der Waals surface area contributed by atoms with Gasteiger partial charge in [0.1, 0.15) is 5.60 Å². The molecule has 23 heavy (non-hydrogen) atoms. The number of carbonyl (C=O) groups is 1. The normalized spacial score (nSPS) is 12.3. The van der Waals surface area contributed by atoms with Gasteiger partial charge in [0.25, 0.3) is 0 Å². The molecule has 0 saturated heterocycles. The summed E-state index contributed by atoms with van der Waals surface area (Å²) >= 11 is 0. The molecule has 3 nitrogen and oxygen atoms in total. The molecule has 3 heteroatoms. The van der Waals surface area contributed by atoms with Crippen LogP contribution in [0.3, 0.4) is 0 Å². The van der Waals surface area contributed by atoms with Crippen LogP contribution in [0.5, 0.6) is 0 Å². The lowest BCUT2D eigenvalue weighted by atomic mass is 10.1. The molecule has 0 aliphatic carbocycles. The lowest BCUT2D eigenvalue weighted by molar-refractivity contribution is -0.157. The third-order valence-corrected chi connectivity index (χ3v) is 3.42. The number of hydrogen-bond donors (Lipinski definition) is 1. The third kappa shape index (κ3) is 23.8. The molecule has 0 radical (unpaired) electrons. The number of rotatable bonds is 11. The Morgan fingerprint density at radius 2 is 1.30 bits per heavy atom. The van der Waals surface area contributed by atoms with Crippen molar-refractivity contribution in [1.29, 1.82) is 0 Å². The summed E-state index contributed by atoms with van der Waals surface area (Å²) in [4.78, 5) is 11.4. The summed E-state index contributed by atoms with van der Waals surface area (Å²) in [5.41, 5.74) is -0.460. The second kappa shape index (κ2) is 16.3. The Balaban J connectivity index is 0. The van der Waals surface area contributed by atoms with Gasteiger partial charge in [-0.1, -0.05) is 78.6 Å². The van der Waals surface area contributed by atoms with Crippen molar-refractivity contribution in [2.45, 2.75) is 124 Å². The van der Waals surface area contributed by atoms with Gasteiger partial charge in [-0.2, -0.15) is 0 Å². The number of hydrogen-bond acceptors (Lipinski definition) is 3. The molecule has 0 rings (SSSR count). The van der Waals surface area contributed by atoms with Crippen LogP contribution < -0.4 is 0 Å². The lowest BCUT2D eigenvalue weighted by Crippen LogP contribution is -2.26. The van der Waals surface area contributed by atoms with Gasteiger partial charge in [-0.05, 0) is 27.2 Å². The monoisotopic (exact) mass is 330 g/mol. The van der Waals surface area contributed by atoms with Crippen molar-refractivity contribution in [3.05, 3.63) is 0 Å². The summed E-state index contributed by atoms with van der Waals surface area (Å²) in [6.07, 6.45) is 11.6. The average Bonchev–Trinajstić information content (AvgIpc) is 2.43. The van der Waals surface area contributed by atoms with Crippen molar-refractivity contribution >= 4 is 5.97 Å². The zero-order chi connectivity index (χ0) is 18.1. The number of ether oxygens (including phenoxy) is 1. The minimum absolute atomic E-state index is 0.116. The minimum atomic E-state index is -0.550. The maximum Gasteiger partial charge on any atom is 0.308 e. The van der Waals surface area contributed by atoms with Crippen LogP contribution in [0, 0.1) is 0 Å². The van der Waals surface area contributed by atoms with Crippen molar-refractivity contribution in [2.24, 2.45) is 0 Å². The van der Waals surface area contributed by atoms with E-state index in [1.165, 1.54) is 44.9 Å². The fraction of sp³-hybridized carbons (Fsp3) is 0.950. The van der Waals surface area contributed by atoms with E-state index in [1.807, 2.05) is 20.8 Å². The molecule has 140 valence electrons. The van der Waals surface area contributed by atoms with Crippen LogP contribution in [-0.4, -0.2) is 22.8 Å². The van der Waals surface area contributed by atoms with E-state index in [0.717, 1.165) is 12.8 Å². The van der Waals surface area contributed by atoms with Gasteiger partial charge in [-0.3, -0.25) is 4.79 Å². The van der Waals surface area contributed by atoms with Gasteiger partial charge >= 0.3 is 5.97 Å². The highest BCUT2D eigenvalue weighted by Gasteiger charge is 2.18. The van der Waals surface area contributed by atoms with E-state index in [-0.39, 0.29) is 12.4 Å². The summed E-state index contributed by atoms with van der Waals surface area (Å²) in [6, 6.07) is 0. The molecule has 1 unspecified atom stereocenters. The predicted molar refractivity (Wildman–Crippen MR) is 99.7 cm³/mol. The minimum Gasteiger partial charge on any atom is -0.460 e. The second-order valence-electron chi connectivity index (χ2n) is 7.35. The van der Waals surface area contributed by atoms with E-state index in [0.29, 0.717) is 6.42 Å². The fourth-order valence-corrected chi connectivity index (χ4v) is 2.16. The topological polar surface area (TPSA) is 46.5 Å². The fourth-order valence-electron chi connectivity index (χ4n) is 2.16. The maximum absolute atomic E-state index is 11.4. The SMILES string of the molecule is CCCCCC.CCCCCCCC(O)CC(=O)OC(C)(C)C. The zero-order valence-corrected chi connectivity index (χ0v) is 16.6. The van der Waals surface area contributed by atoms with E-state index < -0.39 is 11.7 Å². The standard InChI is InChI=1S/C14H28O3.C6H14/c1-5-6-7-8-9-10-12(15)11-13(16)17-14(2,3)4;1-3-5-6-4-2/h12,15H,5-11H2,1-4H3;3-6H2,1-2H3. The first-order chi connectivity index (χ1) is 10.8. The molecule has 0 fully saturated rings. The Hall–Kier alpha value is -0.570. The quantitative estimate of drug-likeness (QED) is 0.372. The number of unbranched alkanes of at least 4 members (excludes halogenated alkanes) is 7. The van der Waals surface area contributed by atoms with Gasteiger partial charge < -0.3 is 9.84 Å². The molecule has 0 amide bonds. The van der Waals surface area contributed by atoms with Crippen LogP contribution in [0.1, 0.15) is 112 Å². The highest BCUT2D eigenvalue weighted by atomic mass is 16.6. The Labute approximate surface area is 145 Å². The molecule has 1 atom stereocenters. The van der Waals surface area contributed by atoms with E-state index in [4.69, 9.17) is 4.74 Å². The third-order valence-electron chi connectivity index (χ3n) is 3.42. The average molecular weight is 331 g/mol. The van der Waals surface area contributed by atoms with Crippen LogP contribution in [0.2, 0.25) is 0 Å². The van der Waals surface area contributed by atoms with Crippen molar-refractivity contribution < 1.29 is 14.6 Å². The van der Waals surface area contributed by atoms with E-state index in [9.17, 15) is 9.90 Å². The lowest BCUT2D eigenvalue weighted by Gasteiger charge is -2.20. The summed E-state index contributed by atoms with van der Waals surface area (Å²) in [5.74, 6) is -0.307. The first kappa shape index (κ1) is 24.7. The molecule has 0 aliphatic heterocycles. The van der Waals surface area contributed by atoms with Crippen LogP contribution in [0.15, 0.2) is 0 Å². The van der Waals surface area contributed by atoms with Gasteiger partial charge in [-0.25, -0.2) is 0 Å². The molecule has 0 aromatic carbocycles. The van der Waals surface area contributed by atoms with Gasteiger partial charge in [-0.15, -0.1) is 0 Å². The van der Waals surface area contributed by atoms with Crippen LogP contribution in [0.4, 0.5) is 0 Å². The number of carbonyl (C=O) groups excluding carboxylic acids is 1. The van der Waals surface area contributed by atoms with Gasteiger partial charge in [0.2, 0.25) is 0 Å². The summed E-state index contributed by atoms with van der Waals surface area (Å²) in [5, 5.41) is 9.67. The van der Waals surface area contributed by atoms with Crippen LogP contribution in [0.25, 0.3) is 0 Å². The Morgan fingerprint density at radius 3 is 1.74 bits per heavy atom. The van der Waals surface area contributed by atoms with Crippen molar-refractivity contribution in [3.8, 4) is 0 Å². The van der Waals surface area contributed by atoms with Crippen LogP contribution >= 0.6 is 0 Å². The first-order valence-corrected chi connectivity index (χ1v) is 9.66. The highest BCUT2D eigenvalue weighted by Crippen LogP contribution is 2.13. The molecule has 0 saturated carbocycles. The summed E-state index contributed by atoms with van der Waals surface area (Å²) < 4.78 is 5.15. The number of aliphatic hydroxyl groups excluding tert-OH is 1. The van der Waals surface area contributed by atoms with Crippen LogP contribution in [-0.2, 0) is 9.53 Å². The van der Waals surface area contributed by atoms with Gasteiger partial charge in [0, 0.05) is 0 Å². The molecule has 0 bridgehead atoms. The van der Waals surface area contributed by atoms with Crippen molar-refractivity contribution in [1.82, 2.24) is 0 Å². The predicted octanol–water partition coefficient (Wildman–Crippen LogP) is 6.03. The van der Waals surface area contributed by atoms with Gasteiger partial charge in [0.15, 0.2) is 0 Å². The zero-order valence-electron chi connectivity index (χ0n) is 16.6. The molecular formula is C20H42O3. The summed E-state index contributed by atoms with van der Waals surface area (Å²) in [7, 11) is 0. The molecule has 0 aromatic rings. The smallest absolute Gasteiger partial charge is 0.308 e. The second-order valence-corrected chi connectivity index (χ2v) is 7.35. The molecule has 0 aromatic heterocycles. The van der Waals surface area contributed by atoms with E-state index in [2.05, 4.69) is 20.8 Å².